The molecule has 1 heterocycles. The van der Waals surface area contributed by atoms with E-state index in [0.717, 1.165) is 17.5 Å². The first-order chi connectivity index (χ1) is 10.4. The molecule has 0 fully saturated rings. The van der Waals surface area contributed by atoms with Gasteiger partial charge in [-0.05, 0) is 29.8 Å². The standard InChI is InChI=1S/C16H14N2O3S/c1-22(20,21)12-7-8-16(19)13(9-12)15-10-14(17-18-15)11-5-3-2-4-6-11/h2-10,19H,1H3,(H,17,18). The van der Waals surface area contributed by atoms with Crippen molar-refractivity contribution in [2.75, 3.05) is 6.26 Å². The van der Waals surface area contributed by atoms with Gasteiger partial charge in [-0.3, -0.25) is 5.10 Å². The molecule has 0 atom stereocenters. The van der Waals surface area contributed by atoms with E-state index in [9.17, 15) is 13.5 Å². The Morgan fingerprint density at radius 2 is 1.77 bits per heavy atom. The van der Waals surface area contributed by atoms with Crippen molar-refractivity contribution in [1.82, 2.24) is 10.2 Å². The topological polar surface area (TPSA) is 83.0 Å². The van der Waals surface area contributed by atoms with E-state index < -0.39 is 9.84 Å². The van der Waals surface area contributed by atoms with Crippen LogP contribution in [-0.4, -0.2) is 30.0 Å². The molecule has 0 saturated heterocycles. The average Bonchev–Trinajstić information content (AvgIpc) is 2.97. The number of aromatic amines is 1. The third-order valence-corrected chi connectivity index (χ3v) is 4.45. The Bertz CT molecular complexity index is 916. The van der Waals surface area contributed by atoms with E-state index >= 15 is 0 Å². The smallest absolute Gasteiger partial charge is 0.175 e. The number of hydrogen-bond acceptors (Lipinski definition) is 4. The summed E-state index contributed by atoms with van der Waals surface area (Å²) in [6, 6.07) is 15.6. The molecular formula is C16H14N2O3S. The first-order valence-electron chi connectivity index (χ1n) is 6.59. The predicted octanol–water partition coefficient (Wildman–Crippen LogP) is 2.85. The molecule has 0 radical (unpaired) electrons. The average molecular weight is 314 g/mol. The van der Waals surface area contributed by atoms with E-state index in [-0.39, 0.29) is 10.6 Å². The Hall–Kier alpha value is -2.60. The summed E-state index contributed by atoms with van der Waals surface area (Å²) in [6.45, 7) is 0. The van der Waals surface area contributed by atoms with Crippen molar-refractivity contribution >= 4 is 9.84 Å². The number of aromatic hydroxyl groups is 1. The second-order valence-corrected chi connectivity index (χ2v) is 7.00. The summed E-state index contributed by atoms with van der Waals surface area (Å²) >= 11 is 0. The first kappa shape index (κ1) is 14.3. The predicted molar refractivity (Wildman–Crippen MR) is 84.2 cm³/mol. The van der Waals surface area contributed by atoms with E-state index in [0.29, 0.717) is 11.3 Å². The number of nitrogens with one attached hydrogen (secondary N) is 1. The normalized spacial score (nSPS) is 11.5. The van der Waals surface area contributed by atoms with Gasteiger partial charge in [0.2, 0.25) is 0 Å². The van der Waals surface area contributed by atoms with Gasteiger partial charge in [-0.15, -0.1) is 0 Å². The van der Waals surface area contributed by atoms with E-state index in [1.54, 1.807) is 6.07 Å². The Balaban J connectivity index is 2.07. The molecule has 3 aromatic rings. The van der Waals surface area contributed by atoms with Gasteiger partial charge in [0.05, 0.1) is 16.3 Å². The fraction of sp³-hybridized carbons (Fsp3) is 0.0625. The van der Waals surface area contributed by atoms with E-state index in [4.69, 9.17) is 0 Å². The summed E-state index contributed by atoms with van der Waals surface area (Å²) in [5.41, 5.74) is 2.61. The third kappa shape index (κ3) is 2.73. The van der Waals surface area contributed by atoms with Gasteiger partial charge < -0.3 is 5.11 Å². The van der Waals surface area contributed by atoms with Crippen molar-refractivity contribution in [2.24, 2.45) is 0 Å². The molecule has 2 aromatic carbocycles. The number of phenols is 1. The van der Waals surface area contributed by atoms with Crippen LogP contribution in [0.4, 0.5) is 0 Å². The van der Waals surface area contributed by atoms with Gasteiger partial charge in [0.1, 0.15) is 5.75 Å². The number of hydrogen-bond donors (Lipinski definition) is 2. The lowest BCUT2D eigenvalue weighted by molar-refractivity contribution is 0.476. The molecule has 0 amide bonds. The minimum atomic E-state index is -3.34. The van der Waals surface area contributed by atoms with Crippen LogP contribution < -0.4 is 0 Å². The molecule has 2 N–H and O–H groups in total. The van der Waals surface area contributed by atoms with Gasteiger partial charge in [0, 0.05) is 11.8 Å². The highest BCUT2D eigenvalue weighted by Gasteiger charge is 2.14. The molecule has 0 saturated carbocycles. The molecule has 0 aliphatic rings. The highest BCUT2D eigenvalue weighted by molar-refractivity contribution is 7.90. The molecule has 0 aliphatic carbocycles. The highest BCUT2D eigenvalue weighted by Crippen LogP contribution is 2.32. The first-order valence-corrected chi connectivity index (χ1v) is 8.48. The minimum absolute atomic E-state index is 0.0153. The molecule has 0 unspecified atom stereocenters. The second-order valence-electron chi connectivity index (χ2n) is 4.98. The van der Waals surface area contributed by atoms with Crippen molar-refractivity contribution in [3.05, 3.63) is 54.6 Å². The molecule has 0 aliphatic heterocycles. The Kier molecular flexibility index (Phi) is 3.46. The zero-order chi connectivity index (χ0) is 15.7. The molecule has 0 bridgehead atoms. The Morgan fingerprint density at radius 3 is 2.45 bits per heavy atom. The van der Waals surface area contributed by atoms with E-state index in [1.165, 1.54) is 18.2 Å². The number of sulfone groups is 1. The largest absolute Gasteiger partial charge is 0.507 e. The van der Waals surface area contributed by atoms with Gasteiger partial charge in [0.25, 0.3) is 0 Å². The van der Waals surface area contributed by atoms with Gasteiger partial charge in [-0.1, -0.05) is 30.3 Å². The number of phenolic OH excluding ortho intramolecular Hbond substituents is 1. The molecule has 1 aromatic heterocycles. The summed E-state index contributed by atoms with van der Waals surface area (Å²) < 4.78 is 23.3. The molecule has 5 nitrogen and oxygen atoms in total. The Morgan fingerprint density at radius 1 is 1.05 bits per heavy atom. The lowest BCUT2D eigenvalue weighted by atomic mass is 10.1. The maximum atomic E-state index is 11.6. The van der Waals surface area contributed by atoms with Crippen LogP contribution in [0.25, 0.3) is 22.5 Å². The monoisotopic (exact) mass is 314 g/mol. The van der Waals surface area contributed by atoms with Gasteiger partial charge in [0.15, 0.2) is 9.84 Å². The summed E-state index contributed by atoms with van der Waals surface area (Å²) in [6.07, 6.45) is 1.13. The number of rotatable bonds is 3. The number of nitrogens with zero attached hydrogens (tertiary/aromatic N) is 1. The molecule has 112 valence electrons. The zero-order valence-electron chi connectivity index (χ0n) is 11.8. The third-order valence-electron chi connectivity index (χ3n) is 3.33. The summed E-state index contributed by atoms with van der Waals surface area (Å²) in [5, 5.41) is 17.0. The summed E-state index contributed by atoms with van der Waals surface area (Å²) in [5.74, 6) is -0.0153. The van der Waals surface area contributed by atoms with Crippen molar-refractivity contribution < 1.29 is 13.5 Å². The number of benzene rings is 2. The summed E-state index contributed by atoms with van der Waals surface area (Å²) in [7, 11) is -3.34. The lowest BCUT2D eigenvalue weighted by Gasteiger charge is -2.04. The van der Waals surface area contributed by atoms with Crippen LogP contribution in [0.15, 0.2) is 59.5 Å². The number of H-pyrrole nitrogens is 1. The van der Waals surface area contributed by atoms with Gasteiger partial charge in [-0.25, -0.2) is 8.42 Å². The highest BCUT2D eigenvalue weighted by atomic mass is 32.2. The number of aromatic nitrogens is 2. The van der Waals surface area contributed by atoms with Crippen LogP contribution in [-0.2, 0) is 9.84 Å². The fourth-order valence-corrected chi connectivity index (χ4v) is 2.82. The fourth-order valence-electron chi connectivity index (χ4n) is 2.18. The molecule has 22 heavy (non-hydrogen) atoms. The van der Waals surface area contributed by atoms with Crippen molar-refractivity contribution in [2.45, 2.75) is 4.90 Å². The van der Waals surface area contributed by atoms with Crippen LogP contribution in [0.1, 0.15) is 0 Å². The lowest BCUT2D eigenvalue weighted by Crippen LogP contribution is -1.97. The minimum Gasteiger partial charge on any atom is -0.507 e. The molecule has 0 spiro atoms. The molecule has 6 heteroatoms. The Labute approximate surface area is 128 Å². The van der Waals surface area contributed by atoms with Crippen molar-refractivity contribution in [1.29, 1.82) is 0 Å². The van der Waals surface area contributed by atoms with Crippen molar-refractivity contribution in [3.63, 3.8) is 0 Å². The van der Waals surface area contributed by atoms with Crippen LogP contribution in [0.2, 0.25) is 0 Å². The summed E-state index contributed by atoms with van der Waals surface area (Å²) in [4.78, 5) is 0.143. The maximum Gasteiger partial charge on any atom is 0.175 e. The van der Waals surface area contributed by atoms with Gasteiger partial charge >= 0.3 is 0 Å². The maximum absolute atomic E-state index is 11.6. The SMILES string of the molecule is CS(=O)(=O)c1ccc(O)c(-c2cc(-c3ccccc3)[nH]n2)c1. The second kappa shape index (κ2) is 5.31. The quantitative estimate of drug-likeness (QED) is 0.778. The zero-order valence-corrected chi connectivity index (χ0v) is 12.6. The van der Waals surface area contributed by atoms with Crippen LogP contribution in [0.3, 0.4) is 0 Å². The van der Waals surface area contributed by atoms with E-state index in [1.807, 2.05) is 30.3 Å². The van der Waals surface area contributed by atoms with E-state index in [2.05, 4.69) is 10.2 Å². The molecular weight excluding hydrogens is 300 g/mol. The van der Waals surface area contributed by atoms with Crippen LogP contribution >= 0.6 is 0 Å². The van der Waals surface area contributed by atoms with Gasteiger partial charge in [-0.2, -0.15) is 5.10 Å². The van der Waals surface area contributed by atoms with Crippen molar-refractivity contribution in [3.8, 4) is 28.3 Å². The van der Waals surface area contributed by atoms with Crippen LogP contribution in [0.5, 0.6) is 5.75 Å². The molecule has 3 rings (SSSR count). The van der Waals surface area contributed by atoms with Crippen LogP contribution in [0, 0.1) is 0 Å².